The van der Waals surface area contributed by atoms with Gasteiger partial charge in [-0.15, -0.1) is 0 Å². The van der Waals surface area contributed by atoms with Gasteiger partial charge in [-0.2, -0.15) is 4.52 Å². The van der Waals surface area contributed by atoms with Crippen LogP contribution in [-0.4, -0.2) is 26.4 Å². The number of hydrogen-bond acceptors (Lipinski definition) is 4. The fourth-order valence-corrected chi connectivity index (χ4v) is 1.67. The zero-order valence-electron chi connectivity index (χ0n) is 9.77. The van der Waals surface area contributed by atoms with Crippen LogP contribution in [-0.2, 0) is 0 Å². The third-order valence-corrected chi connectivity index (χ3v) is 2.74. The molecule has 8 nitrogen and oxygen atoms in total. The van der Waals surface area contributed by atoms with Gasteiger partial charge in [0, 0.05) is 11.3 Å². The van der Waals surface area contributed by atoms with E-state index in [4.69, 9.17) is 11.5 Å². The first kappa shape index (κ1) is 11.8. The standard InChI is InChI=1S/C10H11N5O3/c1-3-4(2)13-9-5(7(11)16)6(8(12)17)14-15(9)10(3)18/h14H,1-2H3,(H2,11,16)(H2,12,17). The molecule has 0 spiro atoms. The molecule has 2 aromatic heterocycles. The van der Waals surface area contributed by atoms with Crippen molar-refractivity contribution in [3.63, 3.8) is 0 Å². The average molecular weight is 249 g/mol. The van der Waals surface area contributed by atoms with Crippen LogP contribution < -0.4 is 17.0 Å². The van der Waals surface area contributed by atoms with E-state index in [0.717, 1.165) is 4.52 Å². The molecule has 0 aromatic carbocycles. The van der Waals surface area contributed by atoms with Gasteiger partial charge in [-0.3, -0.25) is 19.5 Å². The molecule has 0 aliphatic carbocycles. The third-order valence-electron chi connectivity index (χ3n) is 2.74. The van der Waals surface area contributed by atoms with Gasteiger partial charge >= 0.3 is 0 Å². The molecule has 0 atom stereocenters. The zero-order chi connectivity index (χ0) is 13.6. The summed E-state index contributed by atoms with van der Waals surface area (Å²) in [6.45, 7) is 3.21. The van der Waals surface area contributed by atoms with E-state index in [9.17, 15) is 14.4 Å². The second-order valence-corrected chi connectivity index (χ2v) is 3.88. The summed E-state index contributed by atoms with van der Waals surface area (Å²) in [5.41, 5.74) is 10.4. The molecule has 0 unspecified atom stereocenters. The van der Waals surface area contributed by atoms with Gasteiger partial charge in [-0.25, -0.2) is 4.98 Å². The lowest BCUT2D eigenvalue weighted by atomic mass is 10.2. The van der Waals surface area contributed by atoms with Crippen LogP contribution in [0.2, 0.25) is 0 Å². The maximum atomic E-state index is 11.9. The Kier molecular flexibility index (Phi) is 2.43. The fourth-order valence-electron chi connectivity index (χ4n) is 1.67. The molecule has 0 saturated heterocycles. The molecular formula is C10H11N5O3. The van der Waals surface area contributed by atoms with Crippen molar-refractivity contribution in [1.29, 1.82) is 0 Å². The van der Waals surface area contributed by atoms with Gasteiger partial charge in [0.25, 0.3) is 17.4 Å². The summed E-state index contributed by atoms with van der Waals surface area (Å²) in [6.07, 6.45) is 0. The smallest absolute Gasteiger partial charge is 0.275 e. The molecule has 94 valence electrons. The van der Waals surface area contributed by atoms with E-state index in [1.807, 2.05) is 0 Å². The molecule has 0 bridgehead atoms. The van der Waals surface area contributed by atoms with E-state index in [2.05, 4.69) is 10.1 Å². The number of amides is 2. The number of nitrogens with two attached hydrogens (primary N) is 2. The molecule has 0 fully saturated rings. The van der Waals surface area contributed by atoms with Crippen LogP contribution in [0.1, 0.15) is 32.1 Å². The molecule has 5 N–H and O–H groups in total. The lowest BCUT2D eigenvalue weighted by Crippen LogP contribution is -2.20. The summed E-state index contributed by atoms with van der Waals surface area (Å²) in [7, 11) is 0. The van der Waals surface area contributed by atoms with Crippen molar-refractivity contribution >= 4 is 17.5 Å². The molecule has 18 heavy (non-hydrogen) atoms. The fraction of sp³-hybridized carbons (Fsp3) is 0.200. The second-order valence-electron chi connectivity index (χ2n) is 3.88. The normalized spacial score (nSPS) is 10.8. The van der Waals surface area contributed by atoms with Crippen LogP contribution >= 0.6 is 0 Å². The first-order valence-electron chi connectivity index (χ1n) is 5.06. The zero-order valence-corrected chi connectivity index (χ0v) is 9.77. The Balaban J connectivity index is 3.04. The first-order valence-corrected chi connectivity index (χ1v) is 5.06. The van der Waals surface area contributed by atoms with E-state index < -0.39 is 17.4 Å². The van der Waals surface area contributed by atoms with Crippen molar-refractivity contribution in [3.8, 4) is 0 Å². The highest BCUT2D eigenvalue weighted by atomic mass is 16.2. The molecule has 0 radical (unpaired) electrons. The van der Waals surface area contributed by atoms with Gasteiger partial charge in [0.15, 0.2) is 5.65 Å². The molecule has 0 aliphatic heterocycles. The van der Waals surface area contributed by atoms with Gasteiger partial charge in [0.05, 0.1) is 0 Å². The minimum absolute atomic E-state index is 0.00407. The van der Waals surface area contributed by atoms with Crippen LogP contribution in [0, 0.1) is 13.8 Å². The maximum absolute atomic E-state index is 11.9. The number of rotatable bonds is 2. The van der Waals surface area contributed by atoms with Crippen molar-refractivity contribution in [2.75, 3.05) is 0 Å². The summed E-state index contributed by atoms with van der Waals surface area (Å²) in [5.74, 6) is -1.76. The summed E-state index contributed by atoms with van der Waals surface area (Å²) in [5, 5.41) is 2.45. The lowest BCUT2D eigenvalue weighted by molar-refractivity contribution is 0.0965. The van der Waals surface area contributed by atoms with Gasteiger partial charge in [0.1, 0.15) is 11.3 Å². The minimum atomic E-state index is -0.885. The van der Waals surface area contributed by atoms with E-state index in [-0.39, 0.29) is 16.9 Å². The number of nitrogens with zero attached hydrogens (tertiary/aromatic N) is 2. The quantitative estimate of drug-likeness (QED) is 0.618. The van der Waals surface area contributed by atoms with Crippen molar-refractivity contribution in [1.82, 2.24) is 14.6 Å². The van der Waals surface area contributed by atoms with Crippen LogP contribution in [0.5, 0.6) is 0 Å². The number of aromatic nitrogens is 3. The van der Waals surface area contributed by atoms with Gasteiger partial charge in [-0.05, 0) is 13.8 Å². The molecule has 2 aromatic rings. The molecule has 0 aliphatic rings. The number of carbonyl (C=O) groups excluding carboxylic acids is 2. The van der Waals surface area contributed by atoms with E-state index in [1.165, 1.54) is 0 Å². The average Bonchev–Trinajstić information content (AvgIpc) is 2.65. The SMILES string of the molecule is Cc1nc2c(C(N)=O)c(C(N)=O)[nH]n2c(=O)c1C. The Bertz CT molecular complexity index is 740. The number of H-pyrrole nitrogens is 1. The maximum Gasteiger partial charge on any atom is 0.275 e. The second kappa shape index (κ2) is 3.69. The summed E-state index contributed by atoms with van der Waals surface area (Å²) < 4.78 is 0.989. The Morgan fingerprint density at radius 3 is 2.33 bits per heavy atom. The van der Waals surface area contributed by atoms with Crippen molar-refractivity contribution < 1.29 is 9.59 Å². The number of aromatic amines is 1. The molecule has 2 heterocycles. The number of fused-ring (bicyclic) bond motifs is 1. The Morgan fingerprint density at radius 1 is 1.22 bits per heavy atom. The molecule has 2 amide bonds. The van der Waals surface area contributed by atoms with Crippen LogP contribution in [0.4, 0.5) is 0 Å². The molecular weight excluding hydrogens is 238 g/mol. The van der Waals surface area contributed by atoms with Gasteiger partial charge in [0.2, 0.25) is 0 Å². The topological polar surface area (TPSA) is 136 Å². The van der Waals surface area contributed by atoms with E-state index >= 15 is 0 Å². The van der Waals surface area contributed by atoms with E-state index in [0.29, 0.717) is 11.3 Å². The Morgan fingerprint density at radius 2 is 1.83 bits per heavy atom. The molecule has 8 heteroatoms. The highest BCUT2D eigenvalue weighted by Crippen LogP contribution is 2.13. The summed E-state index contributed by atoms with van der Waals surface area (Å²) in [4.78, 5) is 38.6. The molecule has 2 rings (SSSR count). The predicted molar refractivity (Wildman–Crippen MR) is 62.3 cm³/mol. The number of nitrogens with one attached hydrogen (secondary N) is 1. The Labute approximate surface area is 101 Å². The monoisotopic (exact) mass is 249 g/mol. The Hall–Kier alpha value is -2.64. The van der Waals surface area contributed by atoms with Crippen LogP contribution in [0.3, 0.4) is 0 Å². The summed E-state index contributed by atoms with van der Waals surface area (Å²) >= 11 is 0. The first-order chi connectivity index (χ1) is 8.34. The van der Waals surface area contributed by atoms with Crippen molar-refractivity contribution in [3.05, 3.63) is 32.9 Å². The van der Waals surface area contributed by atoms with Gasteiger partial charge < -0.3 is 11.5 Å². The van der Waals surface area contributed by atoms with Crippen molar-refractivity contribution in [2.24, 2.45) is 11.5 Å². The number of primary amides is 2. The lowest BCUT2D eigenvalue weighted by Gasteiger charge is -1.99. The predicted octanol–water partition coefficient (Wildman–Crippen LogP) is -1.16. The minimum Gasteiger partial charge on any atom is -0.365 e. The van der Waals surface area contributed by atoms with E-state index in [1.54, 1.807) is 13.8 Å². The largest absolute Gasteiger partial charge is 0.365 e. The highest BCUT2D eigenvalue weighted by molar-refractivity contribution is 6.09. The van der Waals surface area contributed by atoms with Gasteiger partial charge in [-0.1, -0.05) is 0 Å². The van der Waals surface area contributed by atoms with Crippen LogP contribution in [0.25, 0.3) is 5.65 Å². The third kappa shape index (κ3) is 1.46. The van der Waals surface area contributed by atoms with Crippen molar-refractivity contribution in [2.45, 2.75) is 13.8 Å². The molecule has 0 saturated carbocycles. The highest BCUT2D eigenvalue weighted by Gasteiger charge is 2.23. The van der Waals surface area contributed by atoms with Crippen LogP contribution in [0.15, 0.2) is 4.79 Å². The summed E-state index contributed by atoms with van der Waals surface area (Å²) in [6, 6.07) is 0. The number of aryl methyl sites for hydroxylation is 1. The number of carbonyl (C=O) groups is 2. The number of hydrogen-bond donors (Lipinski definition) is 3.